The fraction of sp³-hybridized carbons (Fsp3) is 0.385. The van der Waals surface area contributed by atoms with Crippen molar-refractivity contribution in [3.05, 3.63) is 70.9 Å². The number of hydrogen-bond acceptors (Lipinski definition) is 3. The van der Waals surface area contributed by atoms with Crippen LogP contribution in [0.2, 0.25) is 0 Å². The van der Waals surface area contributed by atoms with Crippen molar-refractivity contribution in [1.82, 2.24) is 14.8 Å². The van der Waals surface area contributed by atoms with Crippen LogP contribution in [0.3, 0.4) is 0 Å². The first-order valence-electron chi connectivity index (χ1n) is 11.8. The van der Waals surface area contributed by atoms with E-state index in [0.717, 1.165) is 16.5 Å². The van der Waals surface area contributed by atoms with Crippen LogP contribution in [0, 0.1) is 0 Å². The van der Waals surface area contributed by atoms with Crippen molar-refractivity contribution >= 4 is 22.6 Å². The lowest BCUT2D eigenvalue weighted by atomic mass is 9.92. The Morgan fingerprint density at radius 1 is 0.973 bits per heavy atom. The highest BCUT2D eigenvalue weighted by atomic mass is 19.4. The molecule has 1 N–H and O–H groups in total. The molecule has 2 unspecified atom stereocenters. The number of H-pyrrole nitrogens is 1. The number of Topliss-reactive ketones (excluding diaryl/α,β-unsaturated/α-hetero) is 1. The molecule has 37 heavy (non-hydrogen) atoms. The van der Waals surface area contributed by atoms with E-state index in [1.54, 1.807) is 6.20 Å². The van der Waals surface area contributed by atoms with Crippen LogP contribution in [0.15, 0.2) is 48.7 Å². The monoisotopic (exact) mass is 523 g/mol. The van der Waals surface area contributed by atoms with Gasteiger partial charge in [-0.1, -0.05) is 18.2 Å². The zero-order valence-corrected chi connectivity index (χ0v) is 19.5. The maximum absolute atomic E-state index is 13.6. The van der Waals surface area contributed by atoms with E-state index in [1.165, 1.54) is 4.90 Å². The van der Waals surface area contributed by atoms with Crippen molar-refractivity contribution in [3.8, 4) is 0 Å². The lowest BCUT2D eigenvalue weighted by Crippen LogP contribution is -2.63. The summed E-state index contributed by atoms with van der Waals surface area (Å²) in [5.41, 5.74) is -2.08. The van der Waals surface area contributed by atoms with Crippen molar-refractivity contribution < 1.29 is 35.9 Å². The number of ketones is 1. The van der Waals surface area contributed by atoms with Gasteiger partial charge < -0.3 is 9.88 Å². The molecule has 0 spiro atoms. The van der Waals surface area contributed by atoms with E-state index >= 15 is 0 Å². The number of benzene rings is 2. The van der Waals surface area contributed by atoms with Gasteiger partial charge in [-0.3, -0.25) is 14.5 Å². The van der Waals surface area contributed by atoms with Gasteiger partial charge in [0.1, 0.15) is 5.78 Å². The highest BCUT2D eigenvalue weighted by molar-refractivity contribution is 5.95. The molecule has 0 aliphatic carbocycles. The van der Waals surface area contributed by atoms with E-state index < -0.39 is 41.1 Å². The van der Waals surface area contributed by atoms with Crippen LogP contribution >= 0.6 is 0 Å². The SMILES string of the molecule is O=C1CCC2CCN(C(=O)c3cc(C(F)(F)F)cc(C(F)(F)F)c3)C(Cc3c[nH]c4ccccc34)N2C1. The molecule has 2 aromatic carbocycles. The predicted molar refractivity (Wildman–Crippen MR) is 123 cm³/mol. The third-order valence-electron chi connectivity index (χ3n) is 7.20. The molecule has 5 nitrogen and oxygen atoms in total. The largest absolute Gasteiger partial charge is 0.416 e. The number of nitrogens with one attached hydrogen (secondary N) is 1. The van der Waals surface area contributed by atoms with Crippen molar-refractivity contribution in [2.45, 2.75) is 50.2 Å². The molecule has 11 heteroatoms. The second-order valence-corrected chi connectivity index (χ2v) is 9.53. The fourth-order valence-electron chi connectivity index (χ4n) is 5.39. The van der Waals surface area contributed by atoms with E-state index in [1.807, 2.05) is 29.2 Å². The Balaban J connectivity index is 1.56. The summed E-state index contributed by atoms with van der Waals surface area (Å²) in [4.78, 5) is 32.2. The Bertz CT molecular complexity index is 1310. The van der Waals surface area contributed by atoms with E-state index in [0.29, 0.717) is 31.4 Å². The van der Waals surface area contributed by atoms with Gasteiger partial charge in [0.15, 0.2) is 0 Å². The molecular weight excluding hydrogens is 500 g/mol. The lowest BCUT2D eigenvalue weighted by Gasteiger charge is -2.50. The van der Waals surface area contributed by atoms with Crippen LogP contribution in [-0.4, -0.2) is 51.8 Å². The number of carbonyl (C=O) groups is 2. The molecule has 2 atom stereocenters. The molecule has 2 fully saturated rings. The molecule has 3 heterocycles. The Hall–Kier alpha value is -3.34. The fourth-order valence-corrected chi connectivity index (χ4v) is 5.39. The molecule has 2 aliphatic rings. The number of hydrogen-bond donors (Lipinski definition) is 1. The van der Waals surface area contributed by atoms with Crippen molar-refractivity contribution in [2.24, 2.45) is 0 Å². The summed E-state index contributed by atoms with van der Waals surface area (Å²) >= 11 is 0. The Labute approximate surface area is 208 Å². The van der Waals surface area contributed by atoms with Gasteiger partial charge in [-0.15, -0.1) is 0 Å². The van der Waals surface area contributed by atoms with E-state index in [4.69, 9.17) is 0 Å². The quantitative estimate of drug-likeness (QED) is 0.452. The van der Waals surface area contributed by atoms with Gasteiger partial charge in [0.25, 0.3) is 5.91 Å². The van der Waals surface area contributed by atoms with Crippen LogP contribution in [0.5, 0.6) is 0 Å². The molecule has 2 saturated heterocycles. The average molecular weight is 523 g/mol. The number of rotatable bonds is 3. The normalized spacial score (nSPS) is 21.4. The first-order valence-corrected chi connectivity index (χ1v) is 11.8. The van der Waals surface area contributed by atoms with Crippen LogP contribution in [-0.2, 0) is 23.6 Å². The number of nitrogens with zero attached hydrogens (tertiary/aromatic N) is 2. The van der Waals surface area contributed by atoms with E-state index in [2.05, 4.69) is 4.98 Å². The second-order valence-electron chi connectivity index (χ2n) is 9.53. The topological polar surface area (TPSA) is 56.4 Å². The molecular formula is C26H23F6N3O2. The molecule has 0 bridgehead atoms. The lowest BCUT2D eigenvalue weighted by molar-refractivity contribution is -0.143. The van der Waals surface area contributed by atoms with Gasteiger partial charge in [-0.05, 0) is 42.7 Å². The molecule has 1 aromatic heterocycles. The summed E-state index contributed by atoms with van der Waals surface area (Å²) in [6.07, 6.45) is -7.35. The first kappa shape index (κ1) is 25.3. The minimum atomic E-state index is -5.06. The molecule has 2 aliphatic heterocycles. The van der Waals surface area contributed by atoms with Crippen molar-refractivity contribution in [3.63, 3.8) is 0 Å². The molecule has 0 radical (unpaired) electrons. The van der Waals surface area contributed by atoms with E-state index in [-0.39, 0.29) is 37.4 Å². The average Bonchev–Trinajstić information content (AvgIpc) is 3.25. The Kier molecular flexibility index (Phi) is 6.29. The number of amides is 1. The van der Waals surface area contributed by atoms with Gasteiger partial charge in [-0.2, -0.15) is 26.3 Å². The van der Waals surface area contributed by atoms with Crippen LogP contribution < -0.4 is 0 Å². The van der Waals surface area contributed by atoms with Gasteiger partial charge in [0, 0.05) is 48.1 Å². The molecule has 3 aromatic rings. The number of fused-ring (bicyclic) bond motifs is 2. The maximum atomic E-state index is 13.6. The number of alkyl halides is 6. The summed E-state index contributed by atoms with van der Waals surface area (Å²) in [5.74, 6) is -0.953. The van der Waals surface area contributed by atoms with Gasteiger partial charge in [-0.25, -0.2) is 0 Å². The highest BCUT2D eigenvalue weighted by Crippen LogP contribution is 2.38. The molecule has 1 amide bonds. The Morgan fingerprint density at radius 3 is 2.32 bits per heavy atom. The summed E-state index contributed by atoms with van der Waals surface area (Å²) in [6.45, 7) is 0.219. The highest BCUT2D eigenvalue weighted by Gasteiger charge is 2.43. The number of aromatic amines is 1. The number of aromatic nitrogens is 1. The standard InChI is InChI=1S/C26H23F6N3O2/c27-25(28,29)17-9-15(10-18(12-17)26(30,31)32)24(37)34-8-7-19-5-6-20(36)14-35(19)23(34)11-16-13-33-22-4-2-1-3-21(16)22/h1-4,9-10,12-13,19,23,33H,5-8,11,14H2. The predicted octanol–water partition coefficient (Wildman–Crippen LogP) is 5.65. The molecule has 196 valence electrons. The molecule has 0 saturated carbocycles. The summed E-state index contributed by atoms with van der Waals surface area (Å²) in [5, 5.41) is 0.888. The number of halogens is 6. The first-order chi connectivity index (χ1) is 17.4. The minimum absolute atomic E-state index is 0.00966. The van der Waals surface area contributed by atoms with Gasteiger partial charge in [0.2, 0.25) is 0 Å². The smallest absolute Gasteiger partial charge is 0.361 e. The van der Waals surface area contributed by atoms with Gasteiger partial charge in [0.05, 0.1) is 23.8 Å². The zero-order valence-electron chi connectivity index (χ0n) is 19.5. The van der Waals surface area contributed by atoms with Gasteiger partial charge >= 0.3 is 12.4 Å². The third kappa shape index (κ3) is 4.96. The Morgan fingerprint density at radius 2 is 1.65 bits per heavy atom. The maximum Gasteiger partial charge on any atom is 0.416 e. The van der Waals surface area contributed by atoms with Crippen LogP contribution in [0.1, 0.15) is 46.3 Å². The summed E-state index contributed by atoms with van der Waals surface area (Å²) in [7, 11) is 0. The number of para-hydroxylation sites is 1. The van der Waals surface area contributed by atoms with E-state index in [9.17, 15) is 35.9 Å². The number of piperidine rings is 1. The third-order valence-corrected chi connectivity index (χ3v) is 7.20. The summed E-state index contributed by atoms with van der Waals surface area (Å²) in [6, 6.07) is 8.39. The van der Waals surface area contributed by atoms with Crippen molar-refractivity contribution in [2.75, 3.05) is 13.1 Å². The minimum Gasteiger partial charge on any atom is -0.361 e. The zero-order chi connectivity index (χ0) is 26.5. The van der Waals surface area contributed by atoms with Crippen LogP contribution in [0.4, 0.5) is 26.3 Å². The molecule has 5 rings (SSSR count). The van der Waals surface area contributed by atoms with Crippen molar-refractivity contribution in [1.29, 1.82) is 0 Å². The number of carbonyl (C=O) groups excluding carboxylic acids is 2. The summed E-state index contributed by atoms with van der Waals surface area (Å²) < 4.78 is 80.6. The second kappa shape index (κ2) is 9.20. The van der Waals surface area contributed by atoms with Crippen LogP contribution in [0.25, 0.3) is 10.9 Å².